The Morgan fingerprint density at radius 2 is 1.90 bits per heavy atom. The molecule has 1 heterocycles. The van der Waals surface area contributed by atoms with Gasteiger partial charge in [0.2, 0.25) is 6.79 Å². The smallest absolute Gasteiger partial charge is 0.231 e. The van der Waals surface area contributed by atoms with E-state index in [0.29, 0.717) is 11.3 Å². The van der Waals surface area contributed by atoms with E-state index in [1.807, 2.05) is 25.1 Å². The second kappa shape index (κ2) is 5.69. The fourth-order valence-corrected chi connectivity index (χ4v) is 2.24. The molecular formula is C16H15F2NO2. The van der Waals surface area contributed by atoms with Gasteiger partial charge in [0.25, 0.3) is 0 Å². The maximum absolute atomic E-state index is 13.6. The van der Waals surface area contributed by atoms with Crippen LogP contribution in [-0.2, 0) is 6.54 Å². The summed E-state index contributed by atoms with van der Waals surface area (Å²) in [5.74, 6) is 0.575. The number of benzene rings is 2. The fraction of sp³-hybridized carbons (Fsp3) is 0.250. The summed E-state index contributed by atoms with van der Waals surface area (Å²) in [4.78, 5) is 0. The summed E-state index contributed by atoms with van der Waals surface area (Å²) >= 11 is 0. The topological polar surface area (TPSA) is 30.5 Å². The van der Waals surface area contributed by atoms with Gasteiger partial charge >= 0.3 is 0 Å². The second-order valence-corrected chi connectivity index (χ2v) is 4.95. The molecule has 0 fully saturated rings. The van der Waals surface area contributed by atoms with E-state index in [0.717, 1.165) is 23.4 Å². The van der Waals surface area contributed by atoms with Crippen molar-refractivity contribution in [3.63, 3.8) is 0 Å². The van der Waals surface area contributed by atoms with Crippen LogP contribution in [0.4, 0.5) is 8.78 Å². The van der Waals surface area contributed by atoms with Crippen molar-refractivity contribution in [1.82, 2.24) is 5.32 Å². The molecule has 3 nitrogen and oxygen atoms in total. The van der Waals surface area contributed by atoms with Crippen molar-refractivity contribution in [2.24, 2.45) is 0 Å². The molecule has 3 rings (SSSR count). The number of fused-ring (bicyclic) bond motifs is 1. The number of rotatable bonds is 4. The monoisotopic (exact) mass is 291 g/mol. The third kappa shape index (κ3) is 2.97. The molecular weight excluding hydrogens is 276 g/mol. The molecule has 0 aliphatic carbocycles. The third-order valence-corrected chi connectivity index (χ3v) is 3.50. The fourth-order valence-electron chi connectivity index (χ4n) is 2.24. The Morgan fingerprint density at radius 3 is 2.76 bits per heavy atom. The molecule has 1 aliphatic heterocycles. The Kier molecular flexibility index (Phi) is 3.75. The molecule has 5 heteroatoms. The van der Waals surface area contributed by atoms with E-state index >= 15 is 0 Å². The molecule has 0 radical (unpaired) electrons. The summed E-state index contributed by atoms with van der Waals surface area (Å²) in [6.45, 7) is 2.43. The summed E-state index contributed by atoms with van der Waals surface area (Å²) in [5.41, 5.74) is 1.30. The van der Waals surface area contributed by atoms with Crippen LogP contribution in [0.25, 0.3) is 0 Å². The Labute approximate surface area is 121 Å². The zero-order valence-electron chi connectivity index (χ0n) is 11.5. The van der Waals surface area contributed by atoms with Gasteiger partial charge < -0.3 is 14.8 Å². The van der Waals surface area contributed by atoms with Crippen LogP contribution in [0.3, 0.4) is 0 Å². The molecule has 2 aromatic carbocycles. The van der Waals surface area contributed by atoms with Gasteiger partial charge in [-0.25, -0.2) is 8.78 Å². The van der Waals surface area contributed by atoms with Crippen LogP contribution in [0.5, 0.6) is 11.5 Å². The highest BCUT2D eigenvalue weighted by molar-refractivity contribution is 5.45. The van der Waals surface area contributed by atoms with Crippen molar-refractivity contribution in [2.75, 3.05) is 6.79 Å². The average molecular weight is 291 g/mol. The zero-order valence-corrected chi connectivity index (χ0v) is 11.5. The number of ether oxygens (including phenoxy) is 2. The molecule has 1 N–H and O–H groups in total. The minimum atomic E-state index is -0.441. The molecule has 0 saturated carbocycles. The summed E-state index contributed by atoms with van der Waals surface area (Å²) in [6, 6.07) is 9.09. The van der Waals surface area contributed by atoms with E-state index in [1.54, 1.807) is 0 Å². The molecule has 0 amide bonds. The first-order valence-electron chi connectivity index (χ1n) is 6.70. The first-order chi connectivity index (χ1) is 10.1. The van der Waals surface area contributed by atoms with Crippen molar-refractivity contribution in [1.29, 1.82) is 0 Å². The Bertz CT molecular complexity index is 661. The lowest BCUT2D eigenvalue weighted by Crippen LogP contribution is -2.18. The Balaban J connectivity index is 1.69. The largest absolute Gasteiger partial charge is 0.454 e. The number of nitrogens with one attached hydrogen (secondary N) is 1. The second-order valence-electron chi connectivity index (χ2n) is 4.95. The van der Waals surface area contributed by atoms with E-state index in [1.165, 1.54) is 6.07 Å². The van der Waals surface area contributed by atoms with Crippen LogP contribution in [-0.4, -0.2) is 6.79 Å². The molecule has 2 aromatic rings. The van der Waals surface area contributed by atoms with Gasteiger partial charge in [-0.3, -0.25) is 0 Å². The van der Waals surface area contributed by atoms with Gasteiger partial charge in [-0.05, 0) is 42.8 Å². The van der Waals surface area contributed by atoms with Crippen LogP contribution >= 0.6 is 0 Å². The minimum absolute atomic E-state index is 0.0258. The highest BCUT2D eigenvalue weighted by atomic mass is 19.1. The van der Waals surface area contributed by atoms with Crippen molar-refractivity contribution in [2.45, 2.75) is 19.5 Å². The highest BCUT2D eigenvalue weighted by Crippen LogP contribution is 2.34. The predicted octanol–water partition coefficient (Wildman–Crippen LogP) is 3.54. The standard InChI is InChI=1S/C16H15F2NO2/c1-10(11-2-5-15-16(7-11)21-9-20-15)19-8-12-6-13(17)3-4-14(12)18/h2-7,10,19H,8-9H2,1H3/t10-/m1/s1. The lowest BCUT2D eigenvalue weighted by molar-refractivity contribution is 0.174. The Hall–Kier alpha value is -2.14. The quantitative estimate of drug-likeness (QED) is 0.934. The molecule has 21 heavy (non-hydrogen) atoms. The van der Waals surface area contributed by atoms with E-state index in [9.17, 15) is 8.78 Å². The van der Waals surface area contributed by atoms with Gasteiger partial charge in [0.15, 0.2) is 11.5 Å². The van der Waals surface area contributed by atoms with Gasteiger partial charge in [-0.2, -0.15) is 0 Å². The maximum Gasteiger partial charge on any atom is 0.231 e. The van der Waals surface area contributed by atoms with E-state index in [2.05, 4.69) is 5.32 Å². The summed E-state index contributed by atoms with van der Waals surface area (Å²) < 4.78 is 37.3. The highest BCUT2D eigenvalue weighted by Gasteiger charge is 2.15. The van der Waals surface area contributed by atoms with Gasteiger partial charge in [-0.1, -0.05) is 6.07 Å². The number of hydrogen-bond acceptors (Lipinski definition) is 3. The lowest BCUT2D eigenvalue weighted by atomic mass is 10.1. The summed E-state index contributed by atoms with van der Waals surface area (Å²) in [6.07, 6.45) is 0. The van der Waals surface area contributed by atoms with E-state index < -0.39 is 11.6 Å². The molecule has 1 aliphatic rings. The first kappa shape index (κ1) is 13.8. The third-order valence-electron chi connectivity index (χ3n) is 3.50. The molecule has 0 saturated heterocycles. The summed E-state index contributed by atoms with van der Waals surface area (Å²) in [7, 11) is 0. The minimum Gasteiger partial charge on any atom is -0.454 e. The molecule has 0 aromatic heterocycles. The van der Waals surface area contributed by atoms with Gasteiger partial charge in [-0.15, -0.1) is 0 Å². The number of hydrogen-bond donors (Lipinski definition) is 1. The van der Waals surface area contributed by atoms with Crippen molar-refractivity contribution < 1.29 is 18.3 Å². The lowest BCUT2D eigenvalue weighted by Gasteiger charge is -2.15. The van der Waals surface area contributed by atoms with E-state index in [-0.39, 0.29) is 19.4 Å². The van der Waals surface area contributed by atoms with Crippen molar-refractivity contribution >= 4 is 0 Å². The van der Waals surface area contributed by atoms with Crippen molar-refractivity contribution in [3.05, 3.63) is 59.2 Å². The van der Waals surface area contributed by atoms with Gasteiger partial charge in [0, 0.05) is 18.2 Å². The molecule has 110 valence electrons. The summed E-state index contributed by atoms with van der Waals surface area (Å²) in [5, 5.41) is 3.17. The molecule has 0 spiro atoms. The van der Waals surface area contributed by atoms with Crippen molar-refractivity contribution in [3.8, 4) is 11.5 Å². The van der Waals surface area contributed by atoms with E-state index in [4.69, 9.17) is 9.47 Å². The average Bonchev–Trinajstić information content (AvgIpc) is 2.95. The van der Waals surface area contributed by atoms with Crippen LogP contribution in [0.1, 0.15) is 24.1 Å². The van der Waals surface area contributed by atoms with Crippen LogP contribution in [0.2, 0.25) is 0 Å². The van der Waals surface area contributed by atoms with Gasteiger partial charge in [0.05, 0.1) is 0 Å². The van der Waals surface area contributed by atoms with Crippen LogP contribution in [0.15, 0.2) is 36.4 Å². The maximum atomic E-state index is 13.6. The predicted molar refractivity (Wildman–Crippen MR) is 74.2 cm³/mol. The normalized spacial score (nSPS) is 14.2. The Morgan fingerprint density at radius 1 is 1.10 bits per heavy atom. The SMILES string of the molecule is C[C@@H](NCc1cc(F)ccc1F)c1ccc2c(c1)OCO2. The zero-order chi connectivity index (χ0) is 14.8. The number of halogens is 2. The first-order valence-corrected chi connectivity index (χ1v) is 6.70. The molecule has 1 atom stereocenters. The molecule has 0 bridgehead atoms. The van der Waals surface area contributed by atoms with Crippen LogP contribution < -0.4 is 14.8 Å². The van der Waals surface area contributed by atoms with Crippen LogP contribution in [0, 0.1) is 11.6 Å². The van der Waals surface area contributed by atoms with Gasteiger partial charge in [0.1, 0.15) is 11.6 Å². The molecule has 0 unspecified atom stereocenters.